The van der Waals surface area contributed by atoms with Crippen LogP contribution in [0, 0.1) is 5.92 Å². The number of benzene rings is 2. The smallest absolute Gasteiger partial charge is 0.262 e. The minimum Gasteiger partial charge on any atom is -0.484 e. The molecule has 0 bridgehead atoms. The highest BCUT2D eigenvalue weighted by Crippen LogP contribution is 2.27. The molecule has 2 aromatic carbocycles. The zero-order chi connectivity index (χ0) is 25.3. The van der Waals surface area contributed by atoms with Gasteiger partial charge in [-0.3, -0.25) is 19.3 Å². The highest BCUT2D eigenvalue weighted by Gasteiger charge is 2.35. The fourth-order valence-electron chi connectivity index (χ4n) is 4.22. The van der Waals surface area contributed by atoms with E-state index in [9.17, 15) is 14.4 Å². The van der Waals surface area contributed by atoms with Crippen molar-refractivity contribution in [3.63, 3.8) is 0 Å². The lowest BCUT2D eigenvalue weighted by Gasteiger charge is -2.26. The number of morpholine rings is 1. The Kier molecular flexibility index (Phi) is 9.32. The van der Waals surface area contributed by atoms with E-state index in [1.54, 1.807) is 41.3 Å². The van der Waals surface area contributed by atoms with Crippen molar-refractivity contribution in [3.05, 3.63) is 53.0 Å². The molecule has 2 saturated heterocycles. The normalized spacial score (nSPS) is 18.2. The van der Waals surface area contributed by atoms with Crippen molar-refractivity contribution in [3.8, 4) is 5.75 Å². The highest BCUT2D eigenvalue weighted by molar-refractivity contribution is 9.10. The largest absolute Gasteiger partial charge is 0.484 e. The predicted molar refractivity (Wildman–Crippen MR) is 140 cm³/mol. The van der Waals surface area contributed by atoms with Gasteiger partial charge in [0, 0.05) is 48.4 Å². The second-order valence-electron chi connectivity index (χ2n) is 8.84. The highest BCUT2D eigenvalue weighted by atomic mass is 79.9. The van der Waals surface area contributed by atoms with Crippen molar-refractivity contribution in [2.45, 2.75) is 12.8 Å². The molecule has 36 heavy (non-hydrogen) atoms. The first-order valence-corrected chi connectivity index (χ1v) is 12.9. The van der Waals surface area contributed by atoms with Gasteiger partial charge in [-0.15, -0.1) is 0 Å². The lowest BCUT2D eigenvalue weighted by Crippen LogP contribution is -2.39. The van der Waals surface area contributed by atoms with Crippen LogP contribution in [0.3, 0.4) is 0 Å². The van der Waals surface area contributed by atoms with Crippen LogP contribution in [0.25, 0.3) is 0 Å². The number of halogens is 1. The van der Waals surface area contributed by atoms with Crippen molar-refractivity contribution in [1.29, 1.82) is 0 Å². The van der Waals surface area contributed by atoms with E-state index in [0.29, 0.717) is 30.2 Å². The number of anilines is 2. The maximum Gasteiger partial charge on any atom is 0.262 e. The molecule has 9 nitrogen and oxygen atoms in total. The van der Waals surface area contributed by atoms with Crippen LogP contribution in [0.2, 0.25) is 0 Å². The molecule has 3 amide bonds. The summed E-state index contributed by atoms with van der Waals surface area (Å²) in [5, 5.41) is 5.75. The molecule has 0 aliphatic carbocycles. The van der Waals surface area contributed by atoms with Crippen LogP contribution in [0.1, 0.15) is 12.8 Å². The third-order valence-electron chi connectivity index (χ3n) is 6.20. The molecule has 4 rings (SSSR count). The summed E-state index contributed by atoms with van der Waals surface area (Å²) in [6.07, 6.45) is 1.07. The van der Waals surface area contributed by atoms with Gasteiger partial charge in [0.25, 0.3) is 5.91 Å². The number of nitrogens with one attached hydrogen (secondary N) is 2. The van der Waals surface area contributed by atoms with E-state index in [-0.39, 0.29) is 36.7 Å². The first-order valence-electron chi connectivity index (χ1n) is 12.1. The van der Waals surface area contributed by atoms with Crippen LogP contribution in [-0.2, 0) is 19.1 Å². The summed E-state index contributed by atoms with van der Waals surface area (Å²) in [5.74, 6) is -0.268. The molecular formula is C26H31BrN4O5. The SMILES string of the molecule is O=C(COc1ccc(N2C[C@@H](C(=O)NCCCN3CCOCC3)CC2=O)cc1)Nc1ccc(Br)cc1. The molecule has 0 spiro atoms. The summed E-state index contributed by atoms with van der Waals surface area (Å²) in [4.78, 5) is 41.2. The van der Waals surface area contributed by atoms with Crippen LogP contribution in [0.4, 0.5) is 11.4 Å². The molecule has 10 heteroatoms. The maximum atomic E-state index is 12.6. The van der Waals surface area contributed by atoms with Gasteiger partial charge in [0.15, 0.2) is 6.61 Å². The zero-order valence-electron chi connectivity index (χ0n) is 20.1. The Morgan fingerprint density at radius 2 is 1.78 bits per heavy atom. The van der Waals surface area contributed by atoms with Crippen LogP contribution in [-0.4, -0.2) is 75.2 Å². The third kappa shape index (κ3) is 7.52. The molecule has 2 N–H and O–H groups in total. The lowest BCUT2D eigenvalue weighted by molar-refractivity contribution is -0.126. The molecule has 2 heterocycles. The van der Waals surface area contributed by atoms with Crippen molar-refractivity contribution < 1.29 is 23.9 Å². The molecule has 0 radical (unpaired) electrons. The van der Waals surface area contributed by atoms with E-state index in [1.807, 2.05) is 12.1 Å². The summed E-state index contributed by atoms with van der Waals surface area (Å²) in [6, 6.07) is 14.2. The quantitative estimate of drug-likeness (QED) is 0.435. The second-order valence-corrected chi connectivity index (χ2v) is 9.76. The minimum absolute atomic E-state index is 0.0778. The van der Waals surface area contributed by atoms with Gasteiger partial charge in [-0.1, -0.05) is 15.9 Å². The number of ether oxygens (including phenoxy) is 2. The molecule has 0 saturated carbocycles. The Hall–Kier alpha value is -2.95. The fourth-order valence-corrected chi connectivity index (χ4v) is 4.48. The summed E-state index contributed by atoms with van der Waals surface area (Å²) in [6.45, 7) is 5.15. The second kappa shape index (κ2) is 12.8. The summed E-state index contributed by atoms with van der Waals surface area (Å²) >= 11 is 3.36. The lowest BCUT2D eigenvalue weighted by atomic mass is 10.1. The Balaban J connectivity index is 1.19. The molecule has 1 atom stereocenters. The van der Waals surface area contributed by atoms with Crippen LogP contribution < -0.4 is 20.3 Å². The summed E-state index contributed by atoms with van der Waals surface area (Å²) < 4.78 is 11.8. The van der Waals surface area contributed by atoms with E-state index in [0.717, 1.165) is 43.7 Å². The van der Waals surface area contributed by atoms with E-state index < -0.39 is 0 Å². The minimum atomic E-state index is -0.362. The fraction of sp³-hybridized carbons (Fsp3) is 0.423. The molecule has 0 aromatic heterocycles. The van der Waals surface area contributed by atoms with Crippen molar-refractivity contribution in [2.75, 3.05) is 62.8 Å². The molecule has 192 valence electrons. The van der Waals surface area contributed by atoms with Crippen LogP contribution in [0.15, 0.2) is 53.0 Å². The van der Waals surface area contributed by atoms with Gasteiger partial charge in [0.05, 0.1) is 19.1 Å². The summed E-state index contributed by atoms with van der Waals surface area (Å²) in [7, 11) is 0. The molecule has 2 fully saturated rings. The third-order valence-corrected chi connectivity index (χ3v) is 6.72. The molecular weight excluding hydrogens is 528 g/mol. The number of carbonyl (C=O) groups excluding carboxylic acids is 3. The van der Waals surface area contributed by atoms with E-state index >= 15 is 0 Å². The van der Waals surface area contributed by atoms with Crippen molar-refractivity contribution in [1.82, 2.24) is 10.2 Å². The van der Waals surface area contributed by atoms with Crippen LogP contribution in [0.5, 0.6) is 5.75 Å². The average Bonchev–Trinajstić information content (AvgIpc) is 3.29. The van der Waals surface area contributed by atoms with E-state index in [1.165, 1.54) is 0 Å². The first kappa shape index (κ1) is 26.1. The van der Waals surface area contributed by atoms with E-state index in [2.05, 4.69) is 31.5 Å². The van der Waals surface area contributed by atoms with E-state index in [4.69, 9.17) is 9.47 Å². The number of amides is 3. The van der Waals surface area contributed by atoms with Gasteiger partial charge < -0.3 is 25.0 Å². The standard InChI is InChI=1S/C26H31BrN4O5/c27-20-2-4-21(5-3-20)29-24(32)18-36-23-8-6-22(7-9-23)31-17-19(16-25(31)33)26(34)28-10-1-11-30-12-14-35-15-13-30/h2-9,19H,1,10-18H2,(H,28,34)(H,29,32)/t19-/m0/s1. The van der Waals surface area contributed by atoms with Crippen molar-refractivity contribution in [2.24, 2.45) is 5.92 Å². The number of carbonyl (C=O) groups is 3. The van der Waals surface area contributed by atoms with Gasteiger partial charge >= 0.3 is 0 Å². The zero-order valence-corrected chi connectivity index (χ0v) is 21.7. The van der Waals surface area contributed by atoms with Crippen LogP contribution >= 0.6 is 15.9 Å². The van der Waals surface area contributed by atoms with Gasteiger partial charge in [-0.05, 0) is 61.5 Å². The van der Waals surface area contributed by atoms with Crippen molar-refractivity contribution >= 4 is 45.0 Å². The topological polar surface area (TPSA) is 100 Å². The molecule has 2 aliphatic rings. The Labute approximate surface area is 219 Å². The maximum absolute atomic E-state index is 12.6. The monoisotopic (exact) mass is 558 g/mol. The first-order chi connectivity index (χ1) is 17.5. The van der Waals surface area contributed by atoms with Gasteiger partial charge in [0.1, 0.15) is 5.75 Å². The predicted octanol–water partition coefficient (Wildman–Crippen LogP) is 2.66. The Morgan fingerprint density at radius 1 is 1.06 bits per heavy atom. The number of hydrogen-bond donors (Lipinski definition) is 2. The Bertz CT molecular complexity index is 1040. The molecule has 2 aromatic rings. The average molecular weight is 559 g/mol. The van der Waals surface area contributed by atoms with Gasteiger partial charge in [-0.25, -0.2) is 0 Å². The van der Waals surface area contributed by atoms with Gasteiger partial charge in [-0.2, -0.15) is 0 Å². The van der Waals surface area contributed by atoms with Gasteiger partial charge in [0.2, 0.25) is 11.8 Å². The molecule has 2 aliphatic heterocycles. The summed E-state index contributed by atoms with van der Waals surface area (Å²) in [5.41, 5.74) is 1.39. The number of hydrogen-bond acceptors (Lipinski definition) is 6. The number of nitrogens with zero attached hydrogens (tertiary/aromatic N) is 2. The molecule has 0 unspecified atom stereocenters. The number of rotatable bonds is 10. The Morgan fingerprint density at radius 3 is 2.50 bits per heavy atom.